The number of nitrogens with zero attached hydrogens (tertiary/aromatic N) is 2. The van der Waals surface area contributed by atoms with Gasteiger partial charge in [-0.3, -0.25) is 10.1 Å². The van der Waals surface area contributed by atoms with Crippen LogP contribution in [0.3, 0.4) is 0 Å². The summed E-state index contributed by atoms with van der Waals surface area (Å²) in [5.74, 6) is 0.598. The molecule has 2 aliphatic rings. The number of rotatable bonds is 7. The van der Waals surface area contributed by atoms with E-state index in [1.165, 1.54) is 0 Å². The molecular weight excluding hydrogens is 458 g/mol. The number of anilines is 2. The molecule has 1 aromatic heterocycles. The molecule has 36 heavy (non-hydrogen) atoms. The fourth-order valence-electron chi connectivity index (χ4n) is 4.43. The monoisotopic (exact) mass is 489 g/mol. The second-order valence-corrected chi connectivity index (χ2v) is 9.50. The molecule has 1 unspecified atom stereocenters. The second kappa shape index (κ2) is 10.4. The van der Waals surface area contributed by atoms with Crippen LogP contribution in [0.5, 0.6) is 0 Å². The van der Waals surface area contributed by atoms with Gasteiger partial charge in [0.2, 0.25) is 0 Å². The van der Waals surface area contributed by atoms with E-state index in [-0.39, 0.29) is 18.0 Å². The lowest BCUT2D eigenvalue weighted by atomic mass is 10.1. The van der Waals surface area contributed by atoms with Crippen LogP contribution in [0.25, 0.3) is 11.3 Å². The lowest BCUT2D eigenvalue weighted by Crippen LogP contribution is -2.38. The number of aryl methyl sites for hydroxylation is 1. The molecule has 0 bridgehead atoms. The van der Waals surface area contributed by atoms with E-state index in [2.05, 4.69) is 15.4 Å². The molecule has 2 heterocycles. The van der Waals surface area contributed by atoms with E-state index >= 15 is 0 Å². The highest BCUT2D eigenvalue weighted by Gasteiger charge is 2.33. The Kier molecular flexibility index (Phi) is 6.93. The molecule has 188 valence electrons. The first-order valence-electron chi connectivity index (χ1n) is 12.5. The quantitative estimate of drug-likeness (QED) is 0.414. The van der Waals surface area contributed by atoms with Gasteiger partial charge in [-0.05, 0) is 56.5 Å². The number of piperidine rings is 1. The average Bonchev–Trinajstić information content (AvgIpc) is 3.69. The Balaban J connectivity index is 1.19. The fraction of sp³-hybridized carbons (Fsp3) is 0.393. The maximum absolute atomic E-state index is 12.6. The molecule has 1 saturated heterocycles. The lowest BCUT2D eigenvalue weighted by molar-refractivity contribution is -0.151. The molecular formula is C28H31N3O5. The van der Waals surface area contributed by atoms with E-state index in [0.29, 0.717) is 17.1 Å². The van der Waals surface area contributed by atoms with Crippen LogP contribution in [0.15, 0.2) is 59.1 Å². The highest BCUT2D eigenvalue weighted by molar-refractivity contribution is 5.91. The summed E-state index contributed by atoms with van der Waals surface area (Å²) in [5.41, 5.74) is 3.87. The molecule has 5 rings (SSSR count). The smallest absolute Gasteiger partial charge is 0.412 e. The zero-order valence-corrected chi connectivity index (χ0v) is 20.6. The van der Waals surface area contributed by atoms with Crippen molar-refractivity contribution in [1.82, 2.24) is 5.16 Å². The second-order valence-electron chi connectivity index (χ2n) is 9.50. The molecule has 1 atom stereocenters. The van der Waals surface area contributed by atoms with Gasteiger partial charge in [-0.15, -0.1) is 0 Å². The number of carbonyl (C=O) groups is 2. The molecule has 0 spiro atoms. The molecule has 1 N–H and O–H groups in total. The lowest BCUT2D eigenvalue weighted by Gasteiger charge is -2.33. The third-order valence-electron chi connectivity index (χ3n) is 6.77. The summed E-state index contributed by atoms with van der Waals surface area (Å²) < 4.78 is 16.7. The van der Waals surface area contributed by atoms with Gasteiger partial charge in [-0.25, -0.2) is 4.79 Å². The zero-order valence-electron chi connectivity index (χ0n) is 20.6. The number of hydrogen-bond acceptors (Lipinski definition) is 7. The van der Waals surface area contributed by atoms with Crippen LogP contribution in [0, 0.1) is 12.8 Å². The molecule has 2 fully saturated rings. The van der Waals surface area contributed by atoms with Gasteiger partial charge in [0.25, 0.3) is 0 Å². The minimum absolute atomic E-state index is 0.0174. The highest BCUT2D eigenvalue weighted by atomic mass is 16.6. The van der Waals surface area contributed by atoms with Gasteiger partial charge in [0, 0.05) is 37.2 Å². The van der Waals surface area contributed by atoms with E-state index in [1.54, 1.807) is 6.92 Å². The number of nitrogens with one attached hydrogen (secondary N) is 1. The molecule has 3 aromatic rings. The molecule has 1 saturated carbocycles. The van der Waals surface area contributed by atoms with Crippen LogP contribution in [0.2, 0.25) is 0 Å². The number of amides is 1. The molecule has 8 heteroatoms. The van der Waals surface area contributed by atoms with Gasteiger partial charge < -0.3 is 18.9 Å². The van der Waals surface area contributed by atoms with Crippen molar-refractivity contribution in [1.29, 1.82) is 0 Å². The first-order chi connectivity index (χ1) is 17.5. The van der Waals surface area contributed by atoms with E-state index < -0.39 is 12.2 Å². The maximum atomic E-state index is 12.6. The van der Waals surface area contributed by atoms with E-state index in [9.17, 15) is 9.59 Å². The van der Waals surface area contributed by atoms with Crippen LogP contribution >= 0.6 is 0 Å². The Labute approximate surface area is 210 Å². The van der Waals surface area contributed by atoms with Crippen LogP contribution in [0.4, 0.5) is 16.2 Å². The van der Waals surface area contributed by atoms with Crippen LogP contribution in [-0.2, 0) is 14.3 Å². The SMILES string of the molecule is Cc1noc(-c2ccc(N3CCC(OC(=O)C4CC4)CC3)cc2)c1NC(=O)OC(C)c1ccccc1. The summed E-state index contributed by atoms with van der Waals surface area (Å²) >= 11 is 0. The van der Waals surface area contributed by atoms with Gasteiger partial charge in [0.15, 0.2) is 5.76 Å². The largest absolute Gasteiger partial charge is 0.462 e. The number of hydrogen-bond donors (Lipinski definition) is 1. The Morgan fingerprint density at radius 1 is 1.03 bits per heavy atom. The van der Waals surface area contributed by atoms with Crippen molar-refractivity contribution in [2.24, 2.45) is 5.92 Å². The highest BCUT2D eigenvalue weighted by Crippen LogP contribution is 2.34. The van der Waals surface area contributed by atoms with Gasteiger partial charge in [0.05, 0.1) is 5.92 Å². The van der Waals surface area contributed by atoms with Gasteiger partial charge in [0.1, 0.15) is 23.6 Å². The van der Waals surface area contributed by atoms with Crippen molar-refractivity contribution < 1.29 is 23.6 Å². The average molecular weight is 490 g/mol. The standard InChI is InChI=1S/C28H31N3O5/c1-18-25(29-28(33)34-19(2)20-6-4-3-5-7-20)26(36-30-18)21-10-12-23(13-11-21)31-16-14-24(15-17-31)35-27(32)22-8-9-22/h3-7,10-13,19,22,24H,8-9,14-17H2,1-2H3,(H,29,33). The third-order valence-corrected chi connectivity index (χ3v) is 6.77. The first kappa shape index (κ1) is 23.9. The van der Waals surface area contributed by atoms with Crippen molar-refractivity contribution in [3.05, 3.63) is 65.9 Å². The topological polar surface area (TPSA) is 93.9 Å². The van der Waals surface area contributed by atoms with Crippen molar-refractivity contribution in [3.63, 3.8) is 0 Å². The summed E-state index contributed by atoms with van der Waals surface area (Å²) in [5, 5.41) is 6.85. The molecule has 1 aliphatic heterocycles. The Hall–Kier alpha value is -3.81. The van der Waals surface area contributed by atoms with Crippen LogP contribution in [-0.4, -0.2) is 36.4 Å². The van der Waals surface area contributed by atoms with E-state index in [0.717, 1.165) is 55.6 Å². The Bertz CT molecular complexity index is 1200. The Morgan fingerprint density at radius 3 is 2.39 bits per heavy atom. The van der Waals surface area contributed by atoms with Crippen molar-refractivity contribution in [3.8, 4) is 11.3 Å². The van der Waals surface area contributed by atoms with Gasteiger partial charge in [-0.1, -0.05) is 35.5 Å². The summed E-state index contributed by atoms with van der Waals surface area (Å²) in [4.78, 5) is 26.8. The predicted octanol–water partition coefficient (Wildman–Crippen LogP) is 5.88. The van der Waals surface area contributed by atoms with Crippen LogP contribution in [0.1, 0.15) is 50.0 Å². The summed E-state index contributed by atoms with van der Waals surface area (Å²) in [6.45, 7) is 5.27. The summed E-state index contributed by atoms with van der Waals surface area (Å²) in [6.07, 6.45) is 2.66. The van der Waals surface area contributed by atoms with Gasteiger partial charge >= 0.3 is 12.1 Å². The van der Waals surface area contributed by atoms with Gasteiger partial charge in [-0.2, -0.15) is 0 Å². The molecule has 1 aliphatic carbocycles. The fourth-order valence-corrected chi connectivity index (χ4v) is 4.43. The predicted molar refractivity (Wildman–Crippen MR) is 136 cm³/mol. The molecule has 1 amide bonds. The number of carbonyl (C=O) groups excluding carboxylic acids is 2. The third kappa shape index (κ3) is 5.53. The number of esters is 1. The molecule has 8 nitrogen and oxygen atoms in total. The number of aromatic nitrogens is 1. The number of ether oxygens (including phenoxy) is 2. The molecule has 2 aromatic carbocycles. The number of benzene rings is 2. The van der Waals surface area contributed by atoms with Crippen molar-refractivity contribution in [2.45, 2.75) is 51.7 Å². The minimum Gasteiger partial charge on any atom is -0.462 e. The summed E-state index contributed by atoms with van der Waals surface area (Å²) in [6, 6.07) is 17.5. The van der Waals surface area contributed by atoms with E-state index in [4.69, 9.17) is 14.0 Å². The summed E-state index contributed by atoms with van der Waals surface area (Å²) in [7, 11) is 0. The van der Waals surface area contributed by atoms with E-state index in [1.807, 2.05) is 61.5 Å². The van der Waals surface area contributed by atoms with Crippen molar-refractivity contribution >= 4 is 23.4 Å². The van der Waals surface area contributed by atoms with Crippen molar-refractivity contribution in [2.75, 3.05) is 23.3 Å². The Morgan fingerprint density at radius 2 is 1.72 bits per heavy atom. The molecule has 0 radical (unpaired) electrons. The normalized spacial score (nSPS) is 16.9. The zero-order chi connectivity index (χ0) is 25.1. The van der Waals surface area contributed by atoms with Crippen LogP contribution < -0.4 is 10.2 Å². The maximum Gasteiger partial charge on any atom is 0.412 e. The first-order valence-corrected chi connectivity index (χ1v) is 12.5. The minimum atomic E-state index is -0.569.